The Bertz CT molecular complexity index is 1270. The second-order valence-corrected chi connectivity index (χ2v) is 7.74. The molecule has 1 aliphatic heterocycles. The monoisotopic (exact) mass is 501 g/mol. The summed E-state index contributed by atoms with van der Waals surface area (Å²) in [6, 6.07) is 12.6. The number of benzene rings is 2. The highest BCUT2D eigenvalue weighted by Crippen LogP contribution is 2.46. The van der Waals surface area contributed by atoms with E-state index in [2.05, 4.69) is 0 Å². The van der Waals surface area contributed by atoms with Crippen LogP contribution >= 0.6 is 23.2 Å². The first kappa shape index (κ1) is 24.6. The lowest BCUT2D eigenvalue weighted by atomic mass is 9.81. The number of carboxylic acids is 1. The maximum Gasteiger partial charge on any atom is 0.355 e. The summed E-state index contributed by atoms with van der Waals surface area (Å²) in [4.78, 5) is 38.4. The molecular formula is C23H17Cl2N3O6. The van der Waals surface area contributed by atoms with Crippen molar-refractivity contribution in [2.45, 2.75) is 5.92 Å². The molecule has 11 heteroatoms. The van der Waals surface area contributed by atoms with Gasteiger partial charge in [-0.3, -0.25) is 4.90 Å². The Balaban J connectivity index is 2.47. The molecule has 0 bridgehead atoms. The molecule has 34 heavy (non-hydrogen) atoms. The maximum atomic E-state index is 13.0. The van der Waals surface area contributed by atoms with Gasteiger partial charge >= 0.3 is 17.9 Å². The topological polar surface area (TPSA) is 143 Å². The van der Waals surface area contributed by atoms with Gasteiger partial charge in [-0.05, 0) is 17.7 Å². The lowest BCUT2D eigenvalue weighted by Crippen LogP contribution is -2.41. The Hall–Kier alpha value is -4.00. The molecule has 0 spiro atoms. The number of carbonyl (C=O) groups is 3. The summed E-state index contributed by atoms with van der Waals surface area (Å²) in [5, 5.41) is 18.9. The zero-order valence-electron chi connectivity index (χ0n) is 17.8. The average Bonchev–Trinajstić information content (AvgIpc) is 2.83. The van der Waals surface area contributed by atoms with Crippen molar-refractivity contribution in [3.63, 3.8) is 0 Å². The summed E-state index contributed by atoms with van der Waals surface area (Å²) in [5.41, 5.74) is 5.81. The SMILES string of the molecule is COC(=O)C1=C(C(=O)OC)N(c2c(Cl)cc(C(=O)O)cc2Cl)C(N)=C(C#N)C1c1ccccc1. The third kappa shape index (κ3) is 4.17. The number of aromatic carboxylic acids is 1. The third-order valence-electron chi connectivity index (χ3n) is 5.10. The molecule has 0 fully saturated rings. The molecule has 0 saturated carbocycles. The van der Waals surface area contributed by atoms with Crippen LogP contribution in [0.1, 0.15) is 21.8 Å². The molecule has 1 aliphatic rings. The number of anilines is 1. The van der Waals surface area contributed by atoms with Crippen LogP contribution in [-0.4, -0.2) is 37.2 Å². The van der Waals surface area contributed by atoms with E-state index in [1.54, 1.807) is 30.3 Å². The molecule has 0 aromatic heterocycles. The number of esters is 2. The van der Waals surface area contributed by atoms with Crippen molar-refractivity contribution in [3.8, 4) is 6.07 Å². The number of halogens is 2. The van der Waals surface area contributed by atoms with Crippen molar-refractivity contribution in [2.24, 2.45) is 5.73 Å². The Kier molecular flexibility index (Phi) is 7.15. The first-order valence-electron chi connectivity index (χ1n) is 9.55. The van der Waals surface area contributed by atoms with E-state index in [-0.39, 0.29) is 44.0 Å². The normalized spacial score (nSPS) is 15.6. The van der Waals surface area contributed by atoms with Gasteiger partial charge in [0.25, 0.3) is 0 Å². The molecule has 3 N–H and O–H groups in total. The largest absolute Gasteiger partial charge is 0.478 e. The molecule has 2 aromatic rings. The number of methoxy groups -OCH3 is 2. The molecule has 0 radical (unpaired) electrons. The third-order valence-corrected chi connectivity index (χ3v) is 5.67. The zero-order valence-corrected chi connectivity index (χ0v) is 19.3. The maximum absolute atomic E-state index is 13.0. The molecule has 3 rings (SSSR count). The van der Waals surface area contributed by atoms with E-state index in [9.17, 15) is 24.8 Å². The highest BCUT2D eigenvalue weighted by atomic mass is 35.5. The summed E-state index contributed by atoms with van der Waals surface area (Å²) in [6.07, 6.45) is 0. The molecule has 0 saturated heterocycles. The fraction of sp³-hybridized carbons (Fsp3) is 0.130. The molecule has 1 atom stereocenters. The molecule has 1 heterocycles. The van der Waals surface area contributed by atoms with Crippen LogP contribution in [0.2, 0.25) is 10.0 Å². The summed E-state index contributed by atoms with van der Waals surface area (Å²) in [7, 11) is 2.21. The minimum absolute atomic E-state index is 0.0892. The van der Waals surface area contributed by atoms with Crippen LogP contribution in [-0.2, 0) is 19.1 Å². The quantitative estimate of drug-likeness (QED) is 0.587. The number of ether oxygens (including phenoxy) is 2. The second kappa shape index (κ2) is 9.87. The van der Waals surface area contributed by atoms with Gasteiger partial charge in [-0.25, -0.2) is 14.4 Å². The van der Waals surface area contributed by atoms with Gasteiger partial charge in [0.1, 0.15) is 11.5 Å². The summed E-state index contributed by atoms with van der Waals surface area (Å²) in [6.45, 7) is 0. The van der Waals surface area contributed by atoms with Gasteiger partial charge in [0, 0.05) is 0 Å². The van der Waals surface area contributed by atoms with Crippen molar-refractivity contribution in [3.05, 3.63) is 86.3 Å². The van der Waals surface area contributed by atoms with Gasteiger partial charge < -0.3 is 20.3 Å². The van der Waals surface area contributed by atoms with E-state index in [1.165, 1.54) is 0 Å². The van der Waals surface area contributed by atoms with Gasteiger partial charge in [0.2, 0.25) is 0 Å². The number of hydrogen-bond donors (Lipinski definition) is 2. The van der Waals surface area contributed by atoms with Gasteiger partial charge in [-0.2, -0.15) is 5.26 Å². The van der Waals surface area contributed by atoms with Crippen LogP contribution < -0.4 is 10.6 Å². The molecule has 1 unspecified atom stereocenters. The summed E-state index contributed by atoms with van der Waals surface area (Å²) < 4.78 is 9.86. The van der Waals surface area contributed by atoms with Gasteiger partial charge in [-0.1, -0.05) is 53.5 Å². The van der Waals surface area contributed by atoms with Crippen LogP contribution in [0.5, 0.6) is 0 Å². The Morgan fingerprint density at radius 3 is 2.09 bits per heavy atom. The van der Waals surface area contributed by atoms with E-state index in [1.807, 2.05) is 6.07 Å². The molecule has 174 valence electrons. The summed E-state index contributed by atoms with van der Waals surface area (Å²) in [5.74, 6) is -4.53. The van der Waals surface area contributed by atoms with E-state index in [0.717, 1.165) is 31.3 Å². The predicted molar refractivity (Wildman–Crippen MR) is 123 cm³/mol. The number of nitrogens with zero attached hydrogens (tertiary/aromatic N) is 2. The van der Waals surface area contributed by atoms with Crippen molar-refractivity contribution in [1.29, 1.82) is 5.26 Å². The zero-order chi connectivity index (χ0) is 25.2. The first-order chi connectivity index (χ1) is 16.2. The number of nitrogens with two attached hydrogens (primary N) is 1. The number of allylic oxidation sites excluding steroid dienone is 1. The highest BCUT2D eigenvalue weighted by molar-refractivity contribution is 6.40. The van der Waals surface area contributed by atoms with Crippen LogP contribution in [0.3, 0.4) is 0 Å². The average molecular weight is 502 g/mol. The fourth-order valence-electron chi connectivity index (χ4n) is 3.65. The Morgan fingerprint density at radius 2 is 1.62 bits per heavy atom. The number of carboxylic acid groups (broad SMARTS) is 1. The van der Waals surface area contributed by atoms with Crippen molar-refractivity contribution in [2.75, 3.05) is 19.1 Å². The van der Waals surface area contributed by atoms with E-state index >= 15 is 0 Å². The van der Waals surface area contributed by atoms with Gasteiger partial charge in [0.15, 0.2) is 0 Å². The van der Waals surface area contributed by atoms with E-state index < -0.39 is 23.8 Å². The van der Waals surface area contributed by atoms with Gasteiger partial charge in [0.05, 0.1) is 58.6 Å². The minimum Gasteiger partial charge on any atom is -0.478 e. The number of nitriles is 1. The molecule has 0 aliphatic carbocycles. The van der Waals surface area contributed by atoms with Crippen molar-refractivity contribution < 1.29 is 29.0 Å². The number of carbonyl (C=O) groups excluding carboxylic acids is 2. The van der Waals surface area contributed by atoms with Crippen molar-refractivity contribution in [1.82, 2.24) is 0 Å². The molecule has 9 nitrogen and oxygen atoms in total. The molecular weight excluding hydrogens is 485 g/mol. The van der Waals surface area contributed by atoms with E-state index in [4.69, 9.17) is 38.4 Å². The van der Waals surface area contributed by atoms with Crippen LogP contribution in [0.4, 0.5) is 5.69 Å². The van der Waals surface area contributed by atoms with Gasteiger partial charge in [-0.15, -0.1) is 0 Å². The lowest BCUT2D eigenvalue weighted by molar-refractivity contribution is -0.139. The molecule has 0 amide bonds. The van der Waals surface area contributed by atoms with Crippen LogP contribution in [0.15, 0.2) is 65.1 Å². The Labute approximate surface area is 204 Å². The lowest BCUT2D eigenvalue weighted by Gasteiger charge is -2.36. The predicted octanol–water partition coefficient (Wildman–Crippen LogP) is 3.59. The summed E-state index contributed by atoms with van der Waals surface area (Å²) >= 11 is 12.7. The fourth-order valence-corrected chi connectivity index (χ4v) is 4.30. The van der Waals surface area contributed by atoms with Crippen molar-refractivity contribution >= 4 is 46.8 Å². The first-order valence-corrected chi connectivity index (χ1v) is 10.3. The van der Waals surface area contributed by atoms with Crippen LogP contribution in [0.25, 0.3) is 0 Å². The second-order valence-electron chi connectivity index (χ2n) is 6.93. The highest BCUT2D eigenvalue weighted by Gasteiger charge is 2.44. The molecule has 2 aromatic carbocycles. The number of rotatable bonds is 5. The minimum atomic E-state index is -1.29. The van der Waals surface area contributed by atoms with E-state index in [0.29, 0.717) is 5.56 Å². The standard InChI is InChI=1S/C23H17Cl2N3O6/c1-33-22(31)17-16(11-6-4-3-5-7-11)13(10-26)20(27)28(19(17)23(32)34-2)18-14(24)8-12(21(29)30)9-15(18)25/h3-9,16H,27H2,1-2H3,(H,29,30). The number of hydrogen-bond acceptors (Lipinski definition) is 8. The Morgan fingerprint density at radius 1 is 1.06 bits per heavy atom. The van der Waals surface area contributed by atoms with Crippen LogP contribution in [0, 0.1) is 11.3 Å². The smallest absolute Gasteiger partial charge is 0.355 e.